The minimum absolute atomic E-state index is 0.176. The largest absolute Gasteiger partial charge is 0.378 e. The number of fused-ring (bicyclic) bond motifs is 1. The predicted octanol–water partition coefficient (Wildman–Crippen LogP) is 1.12. The number of hydrogen-bond donors (Lipinski definition) is 1. The summed E-state index contributed by atoms with van der Waals surface area (Å²) in [6.45, 7) is 4.48. The van der Waals surface area contributed by atoms with Crippen molar-refractivity contribution in [2.45, 2.75) is 20.0 Å². The van der Waals surface area contributed by atoms with Crippen LogP contribution in [0, 0.1) is 0 Å². The van der Waals surface area contributed by atoms with Gasteiger partial charge >= 0.3 is 5.69 Å². The molecule has 3 aromatic rings. The molecule has 184 valence electrons. The minimum Gasteiger partial charge on any atom is -0.378 e. The molecule has 0 spiro atoms. The standard InChI is InChI=1S/C25H29N5O5/c1-3-29-24(33)20-6-4-5-7-21(20)30(25(29)34)17-23(32)27(2)16-22(31)26-18-8-10-19(11-9-18)28-12-14-35-15-13-28/h4-11H,3,12-17H2,1-2H3,(H,26,31). The normalized spacial score (nSPS) is 13.6. The summed E-state index contributed by atoms with van der Waals surface area (Å²) in [5.74, 6) is -0.771. The Kier molecular flexibility index (Phi) is 7.31. The van der Waals surface area contributed by atoms with Crippen LogP contribution < -0.4 is 21.5 Å². The molecule has 35 heavy (non-hydrogen) atoms. The topological polar surface area (TPSA) is 106 Å². The Morgan fingerprint density at radius 1 is 1.00 bits per heavy atom. The van der Waals surface area contributed by atoms with Gasteiger partial charge in [-0.05, 0) is 43.3 Å². The number of amides is 2. The molecule has 10 heteroatoms. The van der Waals surface area contributed by atoms with Crippen molar-refractivity contribution in [1.29, 1.82) is 0 Å². The molecule has 0 unspecified atom stereocenters. The third-order valence-corrected chi connectivity index (χ3v) is 6.08. The highest BCUT2D eigenvalue weighted by molar-refractivity contribution is 5.94. The number of nitrogens with one attached hydrogen (secondary N) is 1. The monoisotopic (exact) mass is 479 g/mol. The number of nitrogens with zero attached hydrogens (tertiary/aromatic N) is 4. The van der Waals surface area contributed by atoms with E-state index < -0.39 is 11.6 Å². The number of ether oxygens (including phenoxy) is 1. The molecule has 1 N–H and O–H groups in total. The maximum Gasteiger partial charge on any atom is 0.331 e. The van der Waals surface area contributed by atoms with Gasteiger partial charge in [0.15, 0.2) is 0 Å². The second-order valence-electron chi connectivity index (χ2n) is 8.38. The number of carbonyl (C=O) groups excluding carboxylic acids is 2. The number of benzene rings is 2. The first-order valence-electron chi connectivity index (χ1n) is 11.6. The van der Waals surface area contributed by atoms with Gasteiger partial charge in [0.2, 0.25) is 11.8 Å². The van der Waals surface area contributed by atoms with Crippen molar-refractivity contribution in [3.05, 3.63) is 69.4 Å². The molecule has 2 heterocycles. The number of likely N-dealkylation sites (N-methyl/N-ethyl adjacent to an activating group) is 1. The molecule has 0 atom stereocenters. The van der Waals surface area contributed by atoms with E-state index in [0.29, 0.717) is 29.8 Å². The quantitative estimate of drug-likeness (QED) is 0.544. The maximum atomic E-state index is 12.9. The zero-order valence-corrected chi connectivity index (χ0v) is 19.9. The summed E-state index contributed by atoms with van der Waals surface area (Å²) in [7, 11) is 1.51. The lowest BCUT2D eigenvalue weighted by Gasteiger charge is -2.28. The molecule has 1 saturated heterocycles. The molecule has 0 bridgehead atoms. The highest BCUT2D eigenvalue weighted by atomic mass is 16.5. The van der Waals surface area contributed by atoms with E-state index in [0.717, 1.165) is 23.3 Å². The van der Waals surface area contributed by atoms with Crippen LogP contribution in [0.25, 0.3) is 10.9 Å². The summed E-state index contributed by atoms with van der Waals surface area (Å²) in [4.78, 5) is 54.3. The number of carbonyl (C=O) groups is 2. The van der Waals surface area contributed by atoms with Crippen molar-refractivity contribution in [3.63, 3.8) is 0 Å². The molecule has 1 aromatic heterocycles. The summed E-state index contributed by atoms with van der Waals surface area (Å²) in [5.41, 5.74) is 1.14. The Morgan fingerprint density at radius 3 is 2.37 bits per heavy atom. The van der Waals surface area contributed by atoms with Crippen LogP contribution in [0.2, 0.25) is 0 Å². The van der Waals surface area contributed by atoms with Gasteiger partial charge in [0.25, 0.3) is 5.56 Å². The molecule has 0 radical (unpaired) electrons. The van der Waals surface area contributed by atoms with Gasteiger partial charge in [0.05, 0.1) is 30.7 Å². The van der Waals surface area contributed by atoms with Gasteiger partial charge in [-0.3, -0.25) is 23.5 Å². The van der Waals surface area contributed by atoms with Crippen LogP contribution >= 0.6 is 0 Å². The van der Waals surface area contributed by atoms with Crippen molar-refractivity contribution >= 4 is 34.1 Å². The molecular formula is C25H29N5O5. The Labute approximate surface area is 202 Å². The van der Waals surface area contributed by atoms with Gasteiger partial charge in [-0.25, -0.2) is 4.79 Å². The smallest absolute Gasteiger partial charge is 0.331 e. The van der Waals surface area contributed by atoms with Crippen LogP contribution in [-0.4, -0.2) is 65.7 Å². The summed E-state index contributed by atoms with van der Waals surface area (Å²) in [6, 6.07) is 14.2. The van der Waals surface area contributed by atoms with Crippen molar-refractivity contribution in [2.75, 3.05) is 50.1 Å². The number of aromatic nitrogens is 2. The van der Waals surface area contributed by atoms with Gasteiger partial charge < -0.3 is 19.9 Å². The van der Waals surface area contributed by atoms with E-state index in [-0.39, 0.29) is 31.1 Å². The van der Waals surface area contributed by atoms with Crippen LogP contribution in [0.4, 0.5) is 11.4 Å². The van der Waals surface area contributed by atoms with Crippen LogP contribution in [0.15, 0.2) is 58.1 Å². The van der Waals surface area contributed by atoms with Gasteiger partial charge in [0, 0.05) is 38.1 Å². The molecule has 1 aliphatic heterocycles. The van der Waals surface area contributed by atoms with Gasteiger partial charge in [-0.15, -0.1) is 0 Å². The summed E-state index contributed by atoms with van der Waals surface area (Å²) in [6.07, 6.45) is 0. The zero-order valence-electron chi connectivity index (χ0n) is 19.9. The summed E-state index contributed by atoms with van der Waals surface area (Å²) < 4.78 is 7.75. The first-order chi connectivity index (χ1) is 16.9. The fourth-order valence-corrected chi connectivity index (χ4v) is 4.14. The molecular weight excluding hydrogens is 450 g/mol. The van der Waals surface area contributed by atoms with E-state index in [1.807, 2.05) is 24.3 Å². The zero-order chi connectivity index (χ0) is 24.9. The highest BCUT2D eigenvalue weighted by Gasteiger charge is 2.18. The molecule has 4 rings (SSSR count). The lowest BCUT2D eigenvalue weighted by molar-refractivity contribution is -0.133. The van der Waals surface area contributed by atoms with Crippen LogP contribution in [0.5, 0.6) is 0 Å². The Hall–Kier alpha value is -3.92. The second kappa shape index (κ2) is 10.6. The number of anilines is 2. The molecule has 0 aliphatic carbocycles. The third kappa shape index (κ3) is 5.27. The van der Waals surface area contributed by atoms with Gasteiger partial charge in [-0.2, -0.15) is 0 Å². The van der Waals surface area contributed by atoms with E-state index in [9.17, 15) is 19.2 Å². The lowest BCUT2D eigenvalue weighted by atomic mass is 10.2. The highest BCUT2D eigenvalue weighted by Crippen LogP contribution is 2.19. The molecule has 1 fully saturated rings. The molecule has 2 aromatic carbocycles. The fourth-order valence-electron chi connectivity index (χ4n) is 4.14. The van der Waals surface area contributed by atoms with E-state index in [4.69, 9.17) is 4.74 Å². The van der Waals surface area contributed by atoms with Crippen molar-refractivity contribution in [2.24, 2.45) is 0 Å². The average Bonchev–Trinajstić information content (AvgIpc) is 2.87. The number of morpholine rings is 1. The molecule has 0 saturated carbocycles. The van der Waals surface area contributed by atoms with E-state index in [1.54, 1.807) is 31.2 Å². The van der Waals surface area contributed by atoms with Crippen molar-refractivity contribution in [1.82, 2.24) is 14.0 Å². The van der Waals surface area contributed by atoms with E-state index >= 15 is 0 Å². The molecule has 2 amide bonds. The average molecular weight is 480 g/mol. The van der Waals surface area contributed by atoms with Gasteiger partial charge in [0.1, 0.15) is 6.54 Å². The Balaban J connectivity index is 1.42. The number of rotatable bonds is 7. The predicted molar refractivity (Wildman–Crippen MR) is 134 cm³/mol. The molecule has 10 nitrogen and oxygen atoms in total. The minimum atomic E-state index is -0.553. The Bertz CT molecular complexity index is 1340. The van der Waals surface area contributed by atoms with Crippen LogP contribution in [0.3, 0.4) is 0 Å². The fraction of sp³-hybridized carbons (Fsp3) is 0.360. The van der Waals surface area contributed by atoms with Crippen molar-refractivity contribution in [3.8, 4) is 0 Å². The van der Waals surface area contributed by atoms with E-state index in [2.05, 4.69) is 10.2 Å². The summed E-state index contributed by atoms with van der Waals surface area (Å²) in [5, 5.41) is 3.16. The first kappa shape index (κ1) is 24.2. The van der Waals surface area contributed by atoms with Crippen molar-refractivity contribution < 1.29 is 14.3 Å². The second-order valence-corrected chi connectivity index (χ2v) is 8.38. The SMILES string of the molecule is CCn1c(=O)c2ccccc2n(CC(=O)N(C)CC(=O)Nc2ccc(N3CCOCC3)cc2)c1=O. The summed E-state index contributed by atoms with van der Waals surface area (Å²) >= 11 is 0. The van der Waals surface area contributed by atoms with Crippen LogP contribution in [-0.2, 0) is 27.4 Å². The van der Waals surface area contributed by atoms with Gasteiger partial charge in [-0.1, -0.05) is 12.1 Å². The lowest BCUT2D eigenvalue weighted by Crippen LogP contribution is -2.43. The maximum absolute atomic E-state index is 12.9. The van der Waals surface area contributed by atoms with E-state index in [1.165, 1.54) is 16.5 Å². The number of hydrogen-bond acceptors (Lipinski definition) is 6. The van der Waals surface area contributed by atoms with Crippen LogP contribution in [0.1, 0.15) is 6.92 Å². The molecule has 1 aliphatic rings. The first-order valence-corrected chi connectivity index (χ1v) is 11.6. The third-order valence-electron chi connectivity index (χ3n) is 6.08. The number of para-hydroxylation sites is 1. The Morgan fingerprint density at radius 2 is 1.69 bits per heavy atom.